The molecule has 0 unspecified atom stereocenters. The maximum Gasteiger partial charge on any atom is 0.274 e. The smallest absolute Gasteiger partial charge is 0.274 e. The topological polar surface area (TPSA) is 74.8 Å². The van der Waals surface area contributed by atoms with E-state index in [4.69, 9.17) is 4.42 Å². The van der Waals surface area contributed by atoms with Crippen LogP contribution in [0.5, 0.6) is 5.75 Å². The van der Waals surface area contributed by atoms with E-state index in [0.717, 1.165) is 0 Å². The predicted octanol–water partition coefficient (Wildman–Crippen LogP) is 2.84. The molecule has 5 heteroatoms. The summed E-state index contributed by atoms with van der Waals surface area (Å²) in [4.78, 5) is 11.9. The van der Waals surface area contributed by atoms with E-state index < -0.39 is 0 Å². The van der Waals surface area contributed by atoms with E-state index in [0.29, 0.717) is 29.0 Å². The number of hydrogen-bond acceptors (Lipinski definition) is 4. The summed E-state index contributed by atoms with van der Waals surface area (Å²) in [5.41, 5.74) is 4.15. The van der Waals surface area contributed by atoms with Gasteiger partial charge in [-0.1, -0.05) is 19.1 Å². The molecular weight excluding hydrogens is 256 g/mol. The first kappa shape index (κ1) is 13.9. The van der Waals surface area contributed by atoms with Crippen LogP contribution in [0.25, 0.3) is 0 Å². The third-order valence-corrected chi connectivity index (χ3v) is 2.95. The number of hydrazone groups is 1. The fraction of sp³-hybridized carbons (Fsp3) is 0.200. The number of carbonyl (C=O) groups is 1. The van der Waals surface area contributed by atoms with E-state index in [1.165, 1.54) is 6.26 Å². The number of phenolic OH excluding ortho intramolecular Hbond substituents is 1. The molecule has 2 rings (SSSR count). The molecule has 20 heavy (non-hydrogen) atoms. The van der Waals surface area contributed by atoms with E-state index in [2.05, 4.69) is 10.5 Å². The van der Waals surface area contributed by atoms with Crippen molar-refractivity contribution in [1.82, 2.24) is 5.43 Å². The lowest BCUT2D eigenvalue weighted by atomic mass is 10.1. The molecule has 0 atom stereocenters. The second-order valence-electron chi connectivity index (χ2n) is 4.26. The van der Waals surface area contributed by atoms with E-state index in [9.17, 15) is 9.90 Å². The third-order valence-electron chi connectivity index (χ3n) is 2.95. The Balaban J connectivity index is 2.19. The molecule has 2 aromatic rings. The van der Waals surface area contributed by atoms with E-state index in [-0.39, 0.29) is 11.7 Å². The fourth-order valence-electron chi connectivity index (χ4n) is 1.85. The predicted molar refractivity (Wildman–Crippen MR) is 75.8 cm³/mol. The number of hydrogen-bond donors (Lipinski definition) is 2. The van der Waals surface area contributed by atoms with Crippen molar-refractivity contribution in [3.63, 3.8) is 0 Å². The number of rotatable bonds is 4. The van der Waals surface area contributed by atoms with Crippen LogP contribution >= 0.6 is 0 Å². The van der Waals surface area contributed by atoms with Gasteiger partial charge in [-0.3, -0.25) is 4.79 Å². The Morgan fingerprint density at radius 2 is 2.05 bits per heavy atom. The zero-order valence-corrected chi connectivity index (χ0v) is 11.4. The average molecular weight is 272 g/mol. The summed E-state index contributed by atoms with van der Waals surface area (Å²) in [5, 5.41) is 13.9. The normalized spacial score (nSPS) is 11.4. The number of para-hydroxylation sites is 1. The molecule has 5 nitrogen and oxygen atoms in total. The van der Waals surface area contributed by atoms with Gasteiger partial charge in [0, 0.05) is 5.56 Å². The minimum Gasteiger partial charge on any atom is -0.507 e. The summed E-state index contributed by atoms with van der Waals surface area (Å²) in [5.74, 6) is 0.345. The molecule has 1 aromatic heterocycles. The van der Waals surface area contributed by atoms with Gasteiger partial charge >= 0.3 is 0 Å². The first-order valence-electron chi connectivity index (χ1n) is 6.32. The van der Waals surface area contributed by atoms with Gasteiger partial charge < -0.3 is 9.52 Å². The van der Waals surface area contributed by atoms with E-state index in [1.54, 1.807) is 31.2 Å². The van der Waals surface area contributed by atoms with Gasteiger partial charge in [0.1, 0.15) is 11.5 Å². The highest BCUT2D eigenvalue weighted by molar-refractivity contribution is 6.04. The lowest BCUT2D eigenvalue weighted by Crippen LogP contribution is -2.20. The highest BCUT2D eigenvalue weighted by Gasteiger charge is 2.12. The SMILES string of the molecule is CC/C(=N/NC(=O)c1ccoc1C)c1ccccc1O. The van der Waals surface area contributed by atoms with Crippen molar-refractivity contribution >= 4 is 11.6 Å². The van der Waals surface area contributed by atoms with Gasteiger partial charge in [-0.15, -0.1) is 0 Å². The average Bonchev–Trinajstić information content (AvgIpc) is 2.87. The number of amides is 1. The quantitative estimate of drug-likeness (QED) is 0.664. The maximum atomic E-state index is 11.9. The van der Waals surface area contributed by atoms with Gasteiger partial charge in [-0.2, -0.15) is 5.10 Å². The molecule has 1 amide bonds. The summed E-state index contributed by atoms with van der Waals surface area (Å²) < 4.78 is 5.07. The van der Waals surface area contributed by atoms with Crippen molar-refractivity contribution in [3.05, 3.63) is 53.5 Å². The van der Waals surface area contributed by atoms with Crippen LogP contribution in [-0.2, 0) is 0 Å². The zero-order valence-electron chi connectivity index (χ0n) is 11.4. The van der Waals surface area contributed by atoms with Crippen LogP contribution in [0, 0.1) is 6.92 Å². The molecule has 0 spiro atoms. The standard InChI is InChI=1S/C15H16N2O3/c1-3-13(12-6-4-5-7-14(12)18)16-17-15(19)11-8-9-20-10(11)2/h4-9,18H,3H2,1-2H3,(H,17,19)/b16-13-. The van der Waals surface area contributed by atoms with Gasteiger partial charge in [-0.05, 0) is 31.5 Å². The lowest BCUT2D eigenvalue weighted by Gasteiger charge is -2.06. The number of aromatic hydroxyl groups is 1. The second-order valence-corrected chi connectivity index (χ2v) is 4.26. The maximum absolute atomic E-state index is 11.9. The molecular formula is C15H16N2O3. The third kappa shape index (κ3) is 2.88. The fourth-order valence-corrected chi connectivity index (χ4v) is 1.85. The zero-order chi connectivity index (χ0) is 14.5. The molecule has 0 fully saturated rings. The molecule has 0 aliphatic heterocycles. The van der Waals surface area contributed by atoms with Crippen molar-refractivity contribution in [1.29, 1.82) is 0 Å². The molecule has 1 aromatic carbocycles. The van der Waals surface area contributed by atoms with Crippen LogP contribution in [0.4, 0.5) is 0 Å². The van der Waals surface area contributed by atoms with E-state index >= 15 is 0 Å². The van der Waals surface area contributed by atoms with Crippen LogP contribution < -0.4 is 5.43 Å². The molecule has 2 N–H and O–H groups in total. The minimum absolute atomic E-state index is 0.141. The number of carbonyl (C=O) groups excluding carboxylic acids is 1. The second kappa shape index (κ2) is 6.06. The van der Waals surface area contributed by atoms with Crippen molar-refractivity contribution in [2.24, 2.45) is 5.10 Å². The lowest BCUT2D eigenvalue weighted by molar-refractivity contribution is 0.0953. The Morgan fingerprint density at radius 1 is 1.30 bits per heavy atom. The Morgan fingerprint density at radius 3 is 2.65 bits per heavy atom. The minimum atomic E-state index is -0.336. The highest BCUT2D eigenvalue weighted by Crippen LogP contribution is 2.18. The van der Waals surface area contributed by atoms with Gasteiger partial charge in [0.05, 0.1) is 17.5 Å². The summed E-state index contributed by atoms with van der Waals surface area (Å²) in [6.07, 6.45) is 2.04. The molecule has 0 bridgehead atoms. The number of aryl methyl sites for hydroxylation is 1. The molecule has 1 heterocycles. The van der Waals surface area contributed by atoms with Crippen molar-refractivity contribution in [3.8, 4) is 5.75 Å². The highest BCUT2D eigenvalue weighted by atomic mass is 16.3. The van der Waals surface area contributed by atoms with Crippen LogP contribution in [0.15, 0.2) is 46.1 Å². The van der Waals surface area contributed by atoms with Crippen LogP contribution in [0.1, 0.15) is 35.0 Å². The molecule has 0 radical (unpaired) electrons. The van der Waals surface area contributed by atoms with Gasteiger partial charge in [0.25, 0.3) is 5.91 Å². The first-order chi connectivity index (χ1) is 9.63. The molecule has 104 valence electrons. The van der Waals surface area contributed by atoms with Crippen molar-refractivity contribution in [2.45, 2.75) is 20.3 Å². The van der Waals surface area contributed by atoms with Crippen molar-refractivity contribution in [2.75, 3.05) is 0 Å². The summed E-state index contributed by atoms with van der Waals surface area (Å²) in [7, 11) is 0. The number of benzene rings is 1. The van der Waals surface area contributed by atoms with Gasteiger partial charge in [0.15, 0.2) is 0 Å². The van der Waals surface area contributed by atoms with Gasteiger partial charge in [0.2, 0.25) is 0 Å². The summed E-state index contributed by atoms with van der Waals surface area (Å²) in [6.45, 7) is 3.61. The van der Waals surface area contributed by atoms with Crippen molar-refractivity contribution < 1.29 is 14.3 Å². The number of nitrogens with zero attached hydrogens (tertiary/aromatic N) is 1. The Hall–Kier alpha value is -2.56. The van der Waals surface area contributed by atoms with Crippen LogP contribution in [0.2, 0.25) is 0 Å². The molecule has 0 aliphatic carbocycles. The first-order valence-corrected chi connectivity index (χ1v) is 6.32. The Bertz CT molecular complexity index is 644. The molecule has 0 saturated carbocycles. The number of nitrogens with one attached hydrogen (secondary N) is 1. The Kier molecular flexibility index (Phi) is 4.20. The number of furan rings is 1. The van der Waals surface area contributed by atoms with Crippen LogP contribution in [0.3, 0.4) is 0 Å². The largest absolute Gasteiger partial charge is 0.507 e. The molecule has 0 aliphatic rings. The summed E-state index contributed by atoms with van der Waals surface area (Å²) in [6, 6.07) is 8.48. The van der Waals surface area contributed by atoms with Crippen LogP contribution in [-0.4, -0.2) is 16.7 Å². The monoisotopic (exact) mass is 272 g/mol. The number of phenols is 1. The van der Waals surface area contributed by atoms with E-state index in [1.807, 2.05) is 13.0 Å². The summed E-state index contributed by atoms with van der Waals surface area (Å²) >= 11 is 0. The van der Waals surface area contributed by atoms with Gasteiger partial charge in [-0.25, -0.2) is 5.43 Å². The molecule has 0 saturated heterocycles. The Labute approximate surface area is 116 Å².